The lowest BCUT2D eigenvalue weighted by Crippen LogP contribution is -2.18. The summed E-state index contributed by atoms with van der Waals surface area (Å²) in [6.07, 6.45) is -3.14. The molecule has 0 unspecified atom stereocenters. The summed E-state index contributed by atoms with van der Waals surface area (Å²) >= 11 is 3.12. The molecule has 0 spiro atoms. The molecule has 0 fully saturated rings. The molecule has 16 heavy (non-hydrogen) atoms. The lowest BCUT2D eigenvalue weighted by Gasteiger charge is -2.15. The van der Waals surface area contributed by atoms with Crippen LogP contribution in [0.15, 0.2) is 15.5 Å². The van der Waals surface area contributed by atoms with Crippen LogP contribution in [-0.4, -0.2) is 12.6 Å². The molecule has 0 atom stereocenters. The van der Waals surface area contributed by atoms with Crippen LogP contribution in [0.5, 0.6) is 5.75 Å². The molecule has 2 rings (SSSR count). The van der Waals surface area contributed by atoms with Crippen LogP contribution in [0.4, 0.5) is 13.2 Å². The molecular weight excluding hydrogens is 287 g/mol. The Bertz CT molecular complexity index is 468. The maximum Gasteiger partial charge on any atom is 0.573 e. The van der Waals surface area contributed by atoms with Gasteiger partial charge in [0, 0.05) is 11.8 Å². The molecular formula is C10H7BrF3NO. The number of aliphatic imine (C=N–C) groups is 1. The van der Waals surface area contributed by atoms with Gasteiger partial charge in [0.2, 0.25) is 0 Å². The molecule has 2 nitrogen and oxygen atoms in total. The normalized spacial score (nSPS) is 14.1. The Kier molecular flexibility index (Phi) is 2.69. The van der Waals surface area contributed by atoms with Crippen molar-refractivity contribution < 1.29 is 17.9 Å². The van der Waals surface area contributed by atoms with Gasteiger partial charge in [0.25, 0.3) is 0 Å². The fourth-order valence-electron chi connectivity index (χ4n) is 1.59. The van der Waals surface area contributed by atoms with Crippen LogP contribution >= 0.6 is 15.9 Å². The molecule has 0 N–H and O–H groups in total. The Morgan fingerprint density at radius 1 is 1.44 bits per heavy atom. The van der Waals surface area contributed by atoms with Gasteiger partial charge < -0.3 is 4.74 Å². The van der Waals surface area contributed by atoms with E-state index in [4.69, 9.17) is 0 Å². The minimum absolute atomic E-state index is 0.195. The van der Waals surface area contributed by atoms with Crippen molar-refractivity contribution in [3.05, 3.63) is 27.2 Å². The van der Waals surface area contributed by atoms with E-state index in [0.29, 0.717) is 22.1 Å². The number of hydrogen-bond acceptors (Lipinski definition) is 2. The maximum absolute atomic E-state index is 12.2. The second-order valence-corrected chi connectivity index (χ2v) is 4.22. The van der Waals surface area contributed by atoms with E-state index in [0.717, 1.165) is 5.56 Å². The van der Waals surface area contributed by atoms with Crippen molar-refractivity contribution >= 4 is 22.1 Å². The highest BCUT2D eigenvalue weighted by atomic mass is 79.9. The van der Waals surface area contributed by atoms with E-state index in [1.807, 2.05) is 0 Å². The number of hydrogen-bond donors (Lipinski definition) is 0. The third-order valence-electron chi connectivity index (χ3n) is 2.23. The quantitative estimate of drug-likeness (QED) is 0.775. The standard InChI is InChI=1S/C10H7BrF3NO/c1-5-2-6-3-15-4-7(6)8(11)9(5)16-10(12,13)14/h2,4H,3H2,1H3. The highest BCUT2D eigenvalue weighted by Gasteiger charge is 2.33. The number of ether oxygens (including phenoxy) is 1. The SMILES string of the molecule is Cc1cc2c(c(Br)c1OC(F)(F)F)C=NC2. The summed E-state index contributed by atoms with van der Waals surface area (Å²) in [5, 5.41) is 0. The zero-order valence-electron chi connectivity index (χ0n) is 8.23. The van der Waals surface area contributed by atoms with Crippen molar-refractivity contribution in [2.75, 3.05) is 0 Å². The molecule has 1 aromatic carbocycles. The highest BCUT2D eigenvalue weighted by Crippen LogP contribution is 2.38. The van der Waals surface area contributed by atoms with Crippen LogP contribution in [0.2, 0.25) is 0 Å². The number of nitrogens with zero attached hydrogens (tertiary/aromatic N) is 1. The number of aryl methyl sites for hydroxylation is 1. The molecule has 6 heteroatoms. The molecule has 1 aromatic rings. The van der Waals surface area contributed by atoms with Crippen molar-refractivity contribution in [1.82, 2.24) is 0 Å². The molecule has 0 aliphatic carbocycles. The molecule has 0 radical (unpaired) electrons. The summed E-state index contributed by atoms with van der Waals surface area (Å²) in [5.74, 6) is -0.195. The predicted molar refractivity (Wildman–Crippen MR) is 56.9 cm³/mol. The van der Waals surface area contributed by atoms with Crippen LogP contribution in [0.3, 0.4) is 0 Å². The van der Waals surface area contributed by atoms with Gasteiger partial charge in [-0.3, -0.25) is 4.99 Å². The summed E-state index contributed by atoms with van der Waals surface area (Å²) < 4.78 is 40.8. The largest absolute Gasteiger partial charge is 0.573 e. The van der Waals surface area contributed by atoms with Gasteiger partial charge >= 0.3 is 6.36 Å². The fraction of sp³-hybridized carbons (Fsp3) is 0.300. The van der Waals surface area contributed by atoms with Gasteiger partial charge in [-0.2, -0.15) is 0 Å². The second-order valence-electron chi connectivity index (χ2n) is 3.43. The summed E-state index contributed by atoms with van der Waals surface area (Å²) in [5.41, 5.74) is 2.00. The molecule has 1 aliphatic heterocycles. The van der Waals surface area contributed by atoms with Crippen molar-refractivity contribution in [3.63, 3.8) is 0 Å². The Labute approximate surface area is 98.3 Å². The Morgan fingerprint density at radius 3 is 2.75 bits per heavy atom. The monoisotopic (exact) mass is 293 g/mol. The van der Waals surface area contributed by atoms with E-state index in [2.05, 4.69) is 25.7 Å². The molecule has 0 amide bonds. The first kappa shape index (κ1) is 11.4. The minimum Gasteiger partial charge on any atom is -0.404 e. The summed E-state index contributed by atoms with van der Waals surface area (Å²) in [6, 6.07) is 1.66. The van der Waals surface area contributed by atoms with Crippen LogP contribution < -0.4 is 4.74 Å². The Morgan fingerprint density at radius 2 is 2.12 bits per heavy atom. The van der Waals surface area contributed by atoms with Gasteiger partial charge in [0.15, 0.2) is 0 Å². The van der Waals surface area contributed by atoms with Gasteiger partial charge in [-0.1, -0.05) is 0 Å². The summed E-state index contributed by atoms with van der Waals surface area (Å²) in [4.78, 5) is 4.00. The topological polar surface area (TPSA) is 21.6 Å². The first-order chi connectivity index (χ1) is 7.38. The highest BCUT2D eigenvalue weighted by molar-refractivity contribution is 9.10. The fourth-order valence-corrected chi connectivity index (χ4v) is 2.34. The molecule has 1 heterocycles. The van der Waals surface area contributed by atoms with Gasteiger partial charge in [0.05, 0.1) is 11.0 Å². The number of rotatable bonds is 1. The number of fused-ring (bicyclic) bond motifs is 1. The lowest BCUT2D eigenvalue weighted by atomic mass is 10.1. The number of benzene rings is 1. The van der Waals surface area contributed by atoms with Crippen LogP contribution in [-0.2, 0) is 6.54 Å². The second kappa shape index (κ2) is 3.76. The smallest absolute Gasteiger partial charge is 0.404 e. The zero-order chi connectivity index (χ0) is 11.9. The van der Waals surface area contributed by atoms with Crippen molar-refractivity contribution in [2.45, 2.75) is 19.8 Å². The molecule has 0 saturated carbocycles. The first-order valence-electron chi connectivity index (χ1n) is 4.46. The van der Waals surface area contributed by atoms with Gasteiger partial charge in [-0.25, -0.2) is 0 Å². The molecule has 1 aliphatic rings. The van der Waals surface area contributed by atoms with Crippen LogP contribution in [0.1, 0.15) is 16.7 Å². The zero-order valence-corrected chi connectivity index (χ0v) is 9.82. The molecule has 0 bridgehead atoms. The average Bonchev–Trinajstić information content (AvgIpc) is 2.58. The van der Waals surface area contributed by atoms with Crippen LogP contribution in [0, 0.1) is 6.92 Å². The van der Waals surface area contributed by atoms with Gasteiger partial charge in [-0.15, -0.1) is 13.2 Å². The molecule has 0 saturated heterocycles. The minimum atomic E-state index is -4.68. The van der Waals surface area contributed by atoms with E-state index in [1.54, 1.807) is 19.2 Å². The maximum atomic E-state index is 12.2. The predicted octanol–water partition coefficient (Wildman–Crippen LogP) is 3.59. The van der Waals surface area contributed by atoms with Crippen molar-refractivity contribution in [2.24, 2.45) is 4.99 Å². The van der Waals surface area contributed by atoms with Crippen LogP contribution in [0.25, 0.3) is 0 Å². The summed E-state index contributed by atoms with van der Waals surface area (Å²) in [6.45, 7) is 2.07. The first-order valence-corrected chi connectivity index (χ1v) is 5.25. The van der Waals surface area contributed by atoms with E-state index < -0.39 is 6.36 Å². The van der Waals surface area contributed by atoms with E-state index in [9.17, 15) is 13.2 Å². The average molecular weight is 294 g/mol. The third kappa shape index (κ3) is 2.07. The Hall–Kier alpha value is -1.04. The van der Waals surface area contributed by atoms with Gasteiger partial charge in [0.1, 0.15) is 5.75 Å². The van der Waals surface area contributed by atoms with Crippen molar-refractivity contribution in [3.8, 4) is 5.75 Å². The summed E-state index contributed by atoms with van der Waals surface area (Å²) in [7, 11) is 0. The number of halogens is 4. The Balaban J connectivity index is 2.49. The lowest BCUT2D eigenvalue weighted by molar-refractivity contribution is -0.275. The van der Waals surface area contributed by atoms with Crippen molar-refractivity contribution in [1.29, 1.82) is 0 Å². The molecule has 0 aromatic heterocycles. The van der Waals surface area contributed by atoms with Gasteiger partial charge in [-0.05, 0) is 40.0 Å². The van der Waals surface area contributed by atoms with E-state index >= 15 is 0 Å². The third-order valence-corrected chi connectivity index (χ3v) is 3.02. The van der Waals surface area contributed by atoms with E-state index in [-0.39, 0.29) is 5.75 Å². The van der Waals surface area contributed by atoms with E-state index in [1.165, 1.54) is 0 Å². The number of alkyl halides is 3. The molecule has 86 valence electrons.